The Morgan fingerprint density at radius 1 is 0.765 bits per heavy atom. The molecule has 3 atom stereocenters. The second-order valence-electron chi connectivity index (χ2n) is 8.42. The summed E-state index contributed by atoms with van der Waals surface area (Å²) in [6.07, 6.45) is 2.16. The van der Waals surface area contributed by atoms with Crippen molar-refractivity contribution in [2.24, 2.45) is 11.8 Å². The number of hydrogen-bond donors (Lipinski definition) is 2. The van der Waals surface area contributed by atoms with E-state index in [1.54, 1.807) is 23.1 Å². The molecule has 1 saturated carbocycles. The maximum absolute atomic E-state index is 13.4. The minimum absolute atomic E-state index is 0.0946. The Bertz CT molecular complexity index is 1240. The number of para-hydroxylation sites is 3. The van der Waals surface area contributed by atoms with Gasteiger partial charge in [-0.15, -0.1) is 11.3 Å². The number of anilines is 2. The molecule has 0 bridgehead atoms. The van der Waals surface area contributed by atoms with Gasteiger partial charge in [-0.25, -0.2) is 4.98 Å². The number of nitrogens with one attached hydrogen (secondary N) is 2. The van der Waals surface area contributed by atoms with Crippen LogP contribution in [-0.4, -0.2) is 22.0 Å². The standard InChI is InChI=1S/C27H25N3O2S2/c31-25(28-18-9-3-1-4-10-18)21-16-15-20(33-27-30-23-13-7-8-14-24(23)34-27)17-22(21)26(32)29-19-11-5-2-6-12-19/h1-14,20-22H,15-17H2,(H,28,31)(H,29,32). The topological polar surface area (TPSA) is 71.1 Å². The molecule has 0 radical (unpaired) electrons. The van der Waals surface area contributed by atoms with Crippen LogP contribution in [0.3, 0.4) is 0 Å². The van der Waals surface area contributed by atoms with Crippen molar-refractivity contribution < 1.29 is 9.59 Å². The third-order valence-corrected chi connectivity index (χ3v) is 8.52. The van der Waals surface area contributed by atoms with Crippen LogP contribution in [0.5, 0.6) is 0 Å². The lowest BCUT2D eigenvalue weighted by molar-refractivity contribution is -0.130. The molecule has 5 nitrogen and oxygen atoms in total. The van der Waals surface area contributed by atoms with Gasteiger partial charge in [0.2, 0.25) is 11.8 Å². The summed E-state index contributed by atoms with van der Waals surface area (Å²) in [4.78, 5) is 31.3. The summed E-state index contributed by atoms with van der Waals surface area (Å²) >= 11 is 3.42. The fraction of sp³-hybridized carbons (Fsp3) is 0.222. The summed E-state index contributed by atoms with van der Waals surface area (Å²) in [5.74, 6) is -0.988. The highest BCUT2D eigenvalue weighted by Crippen LogP contribution is 2.42. The number of nitrogens with zero attached hydrogens (tertiary/aromatic N) is 1. The van der Waals surface area contributed by atoms with Gasteiger partial charge in [-0.2, -0.15) is 0 Å². The second-order valence-corrected chi connectivity index (χ2v) is 11.0. The fourth-order valence-corrected chi connectivity index (χ4v) is 6.96. The average molecular weight is 488 g/mol. The van der Waals surface area contributed by atoms with E-state index in [9.17, 15) is 9.59 Å². The lowest BCUT2D eigenvalue weighted by Crippen LogP contribution is -2.41. The van der Waals surface area contributed by atoms with E-state index in [0.29, 0.717) is 12.8 Å². The largest absolute Gasteiger partial charge is 0.326 e. The van der Waals surface area contributed by atoms with Crippen molar-refractivity contribution in [1.29, 1.82) is 0 Å². The molecule has 3 aromatic carbocycles. The maximum atomic E-state index is 13.4. The molecule has 2 amide bonds. The molecule has 1 fully saturated rings. The molecule has 1 aromatic heterocycles. The highest BCUT2D eigenvalue weighted by molar-refractivity contribution is 8.01. The van der Waals surface area contributed by atoms with E-state index < -0.39 is 5.92 Å². The maximum Gasteiger partial charge on any atom is 0.228 e. The van der Waals surface area contributed by atoms with Crippen LogP contribution in [0.25, 0.3) is 10.2 Å². The summed E-state index contributed by atoms with van der Waals surface area (Å²) in [5, 5.41) is 6.26. The van der Waals surface area contributed by atoms with E-state index in [-0.39, 0.29) is 23.0 Å². The number of thioether (sulfide) groups is 1. The molecule has 1 heterocycles. The molecule has 1 aliphatic carbocycles. The highest BCUT2D eigenvalue weighted by atomic mass is 32.2. The summed E-state index contributed by atoms with van der Waals surface area (Å²) in [6, 6.07) is 27.0. The molecule has 0 saturated heterocycles. The number of amides is 2. The van der Waals surface area contributed by atoms with Crippen LogP contribution in [0, 0.1) is 11.8 Å². The molecular formula is C27H25N3O2S2. The first-order valence-corrected chi connectivity index (χ1v) is 13.1. The van der Waals surface area contributed by atoms with Gasteiger partial charge >= 0.3 is 0 Å². The lowest BCUT2D eigenvalue weighted by atomic mass is 9.77. The molecule has 3 unspecified atom stereocenters. The van der Waals surface area contributed by atoms with E-state index in [0.717, 1.165) is 27.7 Å². The van der Waals surface area contributed by atoms with Gasteiger partial charge in [0, 0.05) is 22.5 Å². The molecule has 2 N–H and O–H groups in total. The van der Waals surface area contributed by atoms with Gasteiger partial charge in [-0.1, -0.05) is 60.3 Å². The number of benzene rings is 3. The minimum Gasteiger partial charge on any atom is -0.326 e. The van der Waals surface area contributed by atoms with Gasteiger partial charge in [-0.3, -0.25) is 9.59 Å². The smallest absolute Gasteiger partial charge is 0.228 e. The summed E-state index contributed by atoms with van der Waals surface area (Å²) in [7, 11) is 0. The van der Waals surface area contributed by atoms with Crippen LogP contribution in [0.4, 0.5) is 11.4 Å². The van der Waals surface area contributed by atoms with Gasteiger partial charge < -0.3 is 10.6 Å². The van der Waals surface area contributed by atoms with Crippen molar-refractivity contribution in [3.63, 3.8) is 0 Å². The Kier molecular flexibility index (Phi) is 6.92. The van der Waals surface area contributed by atoms with Gasteiger partial charge in [0.25, 0.3) is 0 Å². The lowest BCUT2D eigenvalue weighted by Gasteiger charge is -2.34. The molecule has 7 heteroatoms. The Morgan fingerprint density at radius 2 is 1.35 bits per heavy atom. The number of hydrogen-bond acceptors (Lipinski definition) is 5. The predicted molar refractivity (Wildman–Crippen MR) is 140 cm³/mol. The first-order chi connectivity index (χ1) is 16.7. The number of fused-ring (bicyclic) bond motifs is 1. The van der Waals surface area contributed by atoms with Crippen LogP contribution in [-0.2, 0) is 9.59 Å². The van der Waals surface area contributed by atoms with Gasteiger partial charge in [-0.05, 0) is 55.7 Å². The summed E-state index contributed by atoms with van der Waals surface area (Å²) < 4.78 is 2.18. The van der Waals surface area contributed by atoms with Gasteiger partial charge in [0.05, 0.1) is 16.1 Å². The van der Waals surface area contributed by atoms with Crippen LogP contribution >= 0.6 is 23.1 Å². The fourth-order valence-electron chi connectivity index (χ4n) is 4.40. The third-order valence-electron chi connectivity index (χ3n) is 6.10. The zero-order chi connectivity index (χ0) is 23.3. The van der Waals surface area contributed by atoms with Crippen LogP contribution < -0.4 is 10.6 Å². The molecule has 4 aromatic rings. The number of carbonyl (C=O) groups excluding carboxylic acids is 2. The highest BCUT2D eigenvalue weighted by Gasteiger charge is 2.40. The quantitative estimate of drug-likeness (QED) is 0.328. The Labute approximate surface area is 207 Å². The second kappa shape index (κ2) is 10.4. The molecule has 0 spiro atoms. The predicted octanol–water partition coefficient (Wildman–Crippen LogP) is 6.45. The Hall–Kier alpha value is -3.16. The first kappa shape index (κ1) is 22.6. The van der Waals surface area contributed by atoms with Crippen LogP contribution in [0.2, 0.25) is 0 Å². The molecule has 34 heavy (non-hydrogen) atoms. The normalized spacial score (nSPS) is 20.1. The van der Waals surface area contributed by atoms with E-state index in [4.69, 9.17) is 4.98 Å². The van der Waals surface area contributed by atoms with Crippen molar-refractivity contribution >= 4 is 56.5 Å². The minimum atomic E-state index is -0.412. The summed E-state index contributed by atoms with van der Waals surface area (Å²) in [5.41, 5.74) is 2.50. The monoisotopic (exact) mass is 487 g/mol. The molecule has 1 aliphatic rings. The third kappa shape index (κ3) is 5.32. The van der Waals surface area contributed by atoms with E-state index in [2.05, 4.69) is 16.7 Å². The zero-order valence-electron chi connectivity index (χ0n) is 18.5. The molecule has 5 rings (SSSR count). The van der Waals surface area contributed by atoms with Gasteiger partial charge in [0.1, 0.15) is 0 Å². The van der Waals surface area contributed by atoms with Gasteiger partial charge in [0.15, 0.2) is 4.34 Å². The first-order valence-electron chi connectivity index (χ1n) is 11.4. The number of thiazole rings is 1. The number of rotatable bonds is 6. The SMILES string of the molecule is O=C(Nc1ccccc1)C1CCC(Sc2nc3ccccc3s2)CC1C(=O)Nc1ccccc1. The van der Waals surface area contributed by atoms with Crippen molar-refractivity contribution in [2.45, 2.75) is 28.9 Å². The van der Waals surface area contributed by atoms with E-state index in [1.807, 2.05) is 78.9 Å². The van der Waals surface area contributed by atoms with Crippen molar-refractivity contribution in [3.8, 4) is 0 Å². The molecule has 172 valence electrons. The number of aromatic nitrogens is 1. The Balaban J connectivity index is 1.33. The Morgan fingerprint density at radius 3 is 2.00 bits per heavy atom. The van der Waals surface area contributed by atoms with Crippen molar-refractivity contribution in [2.75, 3.05) is 10.6 Å². The average Bonchev–Trinajstić information content (AvgIpc) is 3.27. The van der Waals surface area contributed by atoms with E-state index >= 15 is 0 Å². The number of carbonyl (C=O) groups is 2. The summed E-state index contributed by atoms with van der Waals surface area (Å²) in [6.45, 7) is 0. The van der Waals surface area contributed by atoms with Crippen molar-refractivity contribution in [3.05, 3.63) is 84.9 Å². The molecular weight excluding hydrogens is 462 g/mol. The van der Waals surface area contributed by atoms with Crippen LogP contribution in [0.1, 0.15) is 19.3 Å². The van der Waals surface area contributed by atoms with Crippen molar-refractivity contribution in [1.82, 2.24) is 4.98 Å². The zero-order valence-corrected chi connectivity index (χ0v) is 20.1. The molecule has 0 aliphatic heterocycles. The van der Waals surface area contributed by atoms with Crippen LogP contribution in [0.15, 0.2) is 89.3 Å². The van der Waals surface area contributed by atoms with E-state index in [1.165, 1.54) is 4.70 Å².